The predicted octanol–water partition coefficient (Wildman–Crippen LogP) is 1.97. The summed E-state index contributed by atoms with van der Waals surface area (Å²) in [5.41, 5.74) is 1.15. The maximum Gasteiger partial charge on any atom is 0.0686 e. The van der Waals surface area contributed by atoms with E-state index < -0.39 is 0 Å². The van der Waals surface area contributed by atoms with E-state index >= 15 is 0 Å². The van der Waals surface area contributed by atoms with Gasteiger partial charge >= 0.3 is 0 Å². The summed E-state index contributed by atoms with van der Waals surface area (Å²) in [6, 6.07) is 0.528. The van der Waals surface area contributed by atoms with Crippen LogP contribution >= 0.6 is 0 Å². The fraction of sp³-hybridized carbons (Fsp3) is 0.818. The lowest BCUT2D eigenvalue weighted by Gasteiger charge is -2.10. The number of nitrogens with one attached hydrogen (secondary N) is 1. The van der Waals surface area contributed by atoms with E-state index in [0.29, 0.717) is 6.04 Å². The number of hydrogen-bond donors (Lipinski definition) is 1. The Morgan fingerprint density at radius 1 is 1.54 bits per heavy atom. The van der Waals surface area contributed by atoms with Crippen molar-refractivity contribution in [2.75, 3.05) is 19.8 Å². The van der Waals surface area contributed by atoms with Crippen molar-refractivity contribution in [3.63, 3.8) is 0 Å². The van der Waals surface area contributed by atoms with Gasteiger partial charge in [-0.1, -0.05) is 20.4 Å². The molecule has 0 aliphatic heterocycles. The van der Waals surface area contributed by atoms with Gasteiger partial charge in [0.1, 0.15) is 0 Å². The van der Waals surface area contributed by atoms with Crippen LogP contribution in [0.5, 0.6) is 0 Å². The van der Waals surface area contributed by atoms with E-state index in [-0.39, 0.29) is 0 Å². The molecule has 0 aromatic heterocycles. The highest BCUT2D eigenvalue weighted by molar-refractivity contribution is 4.97. The summed E-state index contributed by atoms with van der Waals surface area (Å²) in [4.78, 5) is 0. The van der Waals surface area contributed by atoms with E-state index in [2.05, 4.69) is 25.7 Å². The Labute approximate surface area is 81.4 Å². The third-order valence-electron chi connectivity index (χ3n) is 2.12. The second-order valence-electron chi connectivity index (χ2n) is 4.24. The highest BCUT2D eigenvalue weighted by atomic mass is 16.5. The van der Waals surface area contributed by atoms with E-state index in [9.17, 15) is 0 Å². The standard InChI is InChI=1S/C11H21NO/c1-9(2)12-6-10(3)7-13-8-11-4-5-11/h9,11-12H,3-8H2,1-2H3. The molecule has 0 heterocycles. The molecule has 1 aliphatic rings. The van der Waals surface area contributed by atoms with E-state index in [1.807, 2.05) is 0 Å². The molecule has 1 fully saturated rings. The third kappa shape index (κ3) is 5.83. The lowest BCUT2D eigenvalue weighted by atomic mass is 10.3. The summed E-state index contributed by atoms with van der Waals surface area (Å²) < 4.78 is 5.51. The lowest BCUT2D eigenvalue weighted by molar-refractivity contribution is 0.144. The first-order chi connectivity index (χ1) is 6.18. The number of rotatable bonds is 7. The van der Waals surface area contributed by atoms with Gasteiger partial charge in [-0.25, -0.2) is 0 Å². The van der Waals surface area contributed by atoms with Crippen LogP contribution in [0.3, 0.4) is 0 Å². The topological polar surface area (TPSA) is 21.3 Å². The Morgan fingerprint density at radius 2 is 2.23 bits per heavy atom. The highest BCUT2D eigenvalue weighted by Crippen LogP contribution is 2.28. The highest BCUT2D eigenvalue weighted by Gasteiger charge is 2.20. The smallest absolute Gasteiger partial charge is 0.0686 e. The molecule has 1 saturated carbocycles. The number of ether oxygens (including phenoxy) is 1. The van der Waals surface area contributed by atoms with E-state index in [1.54, 1.807) is 0 Å². The van der Waals surface area contributed by atoms with Gasteiger partial charge in [-0.15, -0.1) is 0 Å². The average Bonchev–Trinajstić information content (AvgIpc) is 2.84. The molecule has 1 aliphatic carbocycles. The molecule has 0 radical (unpaired) electrons. The molecule has 0 bridgehead atoms. The Kier molecular flexibility index (Phi) is 4.46. The van der Waals surface area contributed by atoms with Gasteiger partial charge in [-0.3, -0.25) is 0 Å². The van der Waals surface area contributed by atoms with Crippen molar-refractivity contribution in [2.24, 2.45) is 5.92 Å². The Bertz CT molecular complexity index is 161. The van der Waals surface area contributed by atoms with Gasteiger partial charge < -0.3 is 10.1 Å². The number of hydrogen-bond acceptors (Lipinski definition) is 2. The molecule has 1 rings (SSSR count). The summed E-state index contributed by atoms with van der Waals surface area (Å²) in [5, 5.41) is 3.32. The Hall–Kier alpha value is -0.340. The van der Waals surface area contributed by atoms with Crippen LogP contribution in [0.2, 0.25) is 0 Å². The lowest BCUT2D eigenvalue weighted by Crippen LogP contribution is -2.26. The molecule has 0 spiro atoms. The second-order valence-corrected chi connectivity index (χ2v) is 4.24. The van der Waals surface area contributed by atoms with Crippen LogP contribution < -0.4 is 5.32 Å². The maximum atomic E-state index is 5.51. The van der Waals surface area contributed by atoms with E-state index in [1.165, 1.54) is 12.8 Å². The first-order valence-corrected chi connectivity index (χ1v) is 5.16. The molecular weight excluding hydrogens is 162 g/mol. The first-order valence-electron chi connectivity index (χ1n) is 5.16. The molecule has 0 saturated heterocycles. The zero-order chi connectivity index (χ0) is 9.68. The van der Waals surface area contributed by atoms with E-state index in [0.717, 1.165) is 31.2 Å². The van der Waals surface area contributed by atoms with Crippen LogP contribution in [0.1, 0.15) is 26.7 Å². The minimum Gasteiger partial charge on any atom is -0.377 e. The SMILES string of the molecule is C=C(CNC(C)C)COCC1CC1. The normalized spacial score (nSPS) is 16.5. The Morgan fingerprint density at radius 3 is 2.77 bits per heavy atom. The van der Waals surface area contributed by atoms with Crippen molar-refractivity contribution >= 4 is 0 Å². The fourth-order valence-electron chi connectivity index (χ4n) is 1.05. The quantitative estimate of drug-likeness (QED) is 0.609. The molecule has 13 heavy (non-hydrogen) atoms. The molecule has 2 nitrogen and oxygen atoms in total. The van der Waals surface area contributed by atoms with E-state index in [4.69, 9.17) is 4.74 Å². The first kappa shape index (κ1) is 10.7. The fourth-order valence-corrected chi connectivity index (χ4v) is 1.05. The van der Waals surface area contributed by atoms with Crippen LogP contribution in [-0.2, 0) is 4.74 Å². The van der Waals surface area contributed by atoms with Gasteiger partial charge in [0.2, 0.25) is 0 Å². The van der Waals surface area contributed by atoms with Crippen molar-refractivity contribution in [3.8, 4) is 0 Å². The minimum absolute atomic E-state index is 0.528. The van der Waals surface area contributed by atoms with Crippen molar-refractivity contribution in [3.05, 3.63) is 12.2 Å². The molecule has 2 heteroatoms. The molecule has 0 aromatic carbocycles. The minimum atomic E-state index is 0.528. The molecule has 76 valence electrons. The van der Waals surface area contributed by atoms with Crippen molar-refractivity contribution in [1.82, 2.24) is 5.32 Å². The summed E-state index contributed by atoms with van der Waals surface area (Å²) in [7, 11) is 0. The summed E-state index contributed by atoms with van der Waals surface area (Å²) >= 11 is 0. The molecule has 0 aromatic rings. The van der Waals surface area contributed by atoms with Gasteiger partial charge in [-0.2, -0.15) is 0 Å². The molecule has 0 atom stereocenters. The van der Waals surface area contributed by atoms with Crippen molar-refractivity contribution in [2.45, 2.75) is 32.7 Å². The molecular formula is C11H21NO. The predicted molar refractivity (Wildman–Crippen MR) is 55.8 cm³/mol. The van der Waals surface area contributed by atoms with Gasteiger partial charge in [0.25, 0.3) is 0 Å². The van der Waals surface area contributed by atoms with Gasteiger partial charge in [0.05, 0.1) is 6.61 Å². The Balaban J connectivity index is 1.90. The van der Waals surface area contributed by atoms with Crippen molar-refractivity contribution < 1.29 is 4.74 Å². The molecule has 1 N–H and O–H groups in total. The van der Waals surface area contributed by atoms with Crippen LogP contribution in [0.4, 0.5) is 0 Å². The van der Waals surface area contributed by atoms with Crippen LogP contribution in [0.25, 0.3) is 0 Å². The van der Waals surface area contributed by atoms with Gasteiger partial charge in [-0.05, 0) is 24.3 Å². The second kappa shape index (κ2) is 5.40. The molecule has 0 unspecified atom stereocenters. The van der Waals surface area contributed by atoms with Gasteiger partial charge in [0, 0.05) is 19.2 Å². The summed E-state index contributed by atoms with van der Waals surface area (Å²) in [6.07, 6.45) is 2.72. The average molecular weight is 183 g/mol. The molecule has 0 amide bonds. The zero-order valence-corrected chi connectivity index (χ0v) is 8.81. The summed E-state index contributed by atoms with van der Waals surface area (Å²) in [6.45, 7) is 10.8. The van der Waals surface area contributed by atoms with Crippen LogP contribution in [-0.4, -0.2) is 25.8 Å². The van der Waals surface area contributed by atoms with Gasteiger partial charge in [0.15, 0.2) is 0 Å². The van der Waals surface area contributed by atoms with Crippen LogP contribution in [0.15, 0.2) is 12.2 Å². The summed E-state index contributed by atoms with van der Waals surface area (Å²) in [5.74, 6) is 0.853. The maximum absolute atomic E-state index is 5.51. The van der Waals surface area contributed by atoms with Crippen molar-refractivity contribution in [1.29, 1.82) is 0 Å². The monoisotopic (exact) mass is 183 g/mol. The zero-order valence-electron chi connectivity index (χ0n) is 8.81. The van der Waals surface area contributed by atoms with Crippen LogP contribution in [0, 0.1) is 5.92 Å². The third-order valence-corrected chi connectivity index (χ3v) is 2.12. The largest absolute Gasteiger partial charge is 0.377 e.